The second kappa shape index (κ2) is 9.94. The molecular weight excluding hydrogens is 603 g/mol. The van der Waals surface area contributed by atoms with Crippen molar-refractivity contribution in [2.45, 2.75) is 18.3 Å². The molecule has 5 rings (SSSR count). The van der Waals surface area contributed by atoms with E-state index in [2.05, 4.69) is 26.0 Å². The lowest BCUT2D eigenvalue weighted by molar-refractivity contribution is 0.0666. The van der Waals surface area contributed by atoms with E-state index in [-0.39, 0.29) is 17.1 Å². The van der Waals surface area contributed by atoms with E-state index in [9.17, 15) is 13.2 Å². The van der Waals surface area contributed by atoms with Gasteiger partial charge < -0.3 is 4.90 Å². The fourth-order valence-corrected chi connectivity index (χ4v) is 7.47. The zero-order chi connectivity index (χ0) is 26.4. The molecule has 1 amide bonds. The van der Waals surface area contributed by atoms with E-state index >= 15 is 4.39 Å². The Morgan fingerprint density at radius 3 is 2.76 bits per heavy atom. The standard InChI is InChI=1S/C25H21BrClFN4O3S2/c1-16-12-30-32(14-16)22-5-3-2-4-17(22)10-19-13-29-24(36-19)25(28)15-31(8-9-37(25,34)35)23(33)18-6-7-20(26)21(27)11-18/h2-7,11-14H,8-10,15H2,1H3/t25-/m0/s1. The number of thiazole rings is 1. The van der Waals surface area contributed by atoms with Crippen LogP contribution in [0.3, 0.4) is 0 Å². The number of benzene rings is 2. The van der Waals surface area contributed by atoms with Gasteiger partial charge in [0, 0.05) is 40.3 Å². The van der Waals surface area contributed by atoms with Gasteiger partial charge >= 0.3 is 0 Å². The number of aromatic nitrogens is 3. The molecular formula is C25H21BrClFN4O3S2. The molecule has 2 aromatic heterocycles. The molecule has 1 saturated heterocycles. The Morgan fingerprint density at radius 2 is 2.03 bits per heavy atom. The molecule has 12 heteroatoms. The highest BCUT2D eigenvalue weighted by Gasteiger charge is 2.53. The van der Waals surface area contributed by atoms with Crippen molar-refractivity contribution < 1.29 is 17.6 Å². The molecule has 7 nitrogen and oxygen atoms in total. The minimum Gasteiger partial charge on any atom is -0.333 e. The highest BCUT2D eigenvalue weighted by molar-refractivity contribution is 9.10. The second-order valence-corrected chi connectivity index (χ2v) is 13.5. The quantitative estimate of drug-likeness (QED) is 0.300. The van der Waals surface area contributed by atoms with E-state index in [4.69, 9.17) is 11.6 Å². The first-order chi connectivity index (χ1) is 17.6. The van der Waals surface area contributed by atoms with Gasteiger partial charge in [-0.15, -0.1) is 11.3 Å². The molecule has 2 aromatic carbocycles. The number of amides is 1. The van der Waals surface area contributed by atoms with Crippen LogP contribution >= 0.6 is 38.9 Å². The van der Waals surface area contributed by atoms with E-state index < -0.39 is 33.0 Å². The smallest absolute Gasteiger partial charge is 0.278 e. The number of carbonyl (C=O) groups excluding carboxylic acids is 1. The van der Waals surface area contributed by atoms with Gasteiger partial charge in [0.15, 0.2) is 9.84 Å². The summed E-state index contributed by atoms with van der Waals surface area (Å²) in [6.45, 7) is 1.19. The van der Waals surface area contributed by atoms with Crippen molar-refractivity contribution in [2.75, 3.05) is 18.8 Å². The van der Waals surface area contributed by atoms with Gasteiger partial charge in [-0.1, -0.05) is 29.8 Å². The van der Waals surface area contributed by atoms with Crippen molar-refractivity contribution in [3.8, 4) is 5.69 Å². The van der Waals surface area contributed by atoms with Crippen LogP contribution in [0, 0.1) is 6.92 Å². The molecule has 0 unspecified atom stereocenters. The normalized spacial score (nSPS) is 19.2. The molecule has 4 aromatic rings. The van der Waals surface area contributed by atoms with Crippen molar-refractivity contribution in [1.29, 1.82) is 0 Å². The molecule has 0 radical (unpaired) electrons. The minimum atomic E-state index is -4.21. The van der Waals surface area contributed by atoms with E-state index in [1.54, 1.807) is 23.0 Å². The van der Waals surface area contributed by atoms with Gasteiger partial charge in [-0.3, -0.25) is 4.79 Å². The molecule has 3 heterocycles. The van der Waals surface area contributed by atoms with Crippen molar-refractivity contribution in [3.05, 3.63) is 97.1 Å². The lowest BCUT2D eigenvalue weighted by Gasteiger charge is -2.35. The summed E-state index contributed by atoms with van der Waals surface area (Å²) in [6, 6.07) is 12.3. The van der Waals surface area contributed by atoms with Crippen LogP contribution in [0.2, 0.25) is 5.02 Å². The maximum absolute atomic E-state index is 16.4. The molecule has 1 aliphatic rings. The Labute approximate surface area is 231 Å². The Balaban J connectivity index is 1.42. The number of sulfone groups is 1. The van der Waals surface area contributed by atoms with Gasteiger partial charge in [0.05, 0.1) is 29.2 Å². The number of nitrogens with zero attached hydrogens (tertiary/aromatic N) is 4. The molecule has 37 heavy (non-hydrogen) atoms. The molecule has 0 bridgehead atoms. The molecule has 1 aliphatic heterocycles. The van der Waals surface area contributed by atoms with Crippen LogP contribution < -0.4 is 0 Å². The first kappa shape index (κ1) is 26.0. The summed E-state index contributed by atoms with van der Waals surface area (Å²) in [5.74, 6) is -0.998. The lowest BCUT2D eigenvalue weighted by Crippen LogP contribution is -2.53. The van der Waals surface area contributed by atoms with Crippen molar-refractivity contribution in [3.63, 3.8) is 0 Å². The lowest BCUT2D eigenvalue weighted by atomic mass is 10.1. The third-order valence-corrected chi connectivity index (χ3v) is 10.7. The number of para-hydroxylation sites is 1. The molecule has 192 valence electrons. The predicted molar refractivity (Wildman–Crippen MR) is 145 cm³/mol. The Hall–Kier alpha value is -2.60. The molecule has 0 aliphatic carbocycles. The second-order valence-electron chi connectivity index (χ2n) is 8.80. The molecule has 1 atom stereocenters. The van der Waals surface area contributed by atoms with Crippen LogP contribution in [-0.4, -0.2) is 52.8 Å². The highest BCUT2D eigenvalue weighted by Crippen LogP contribution is 2.40. The number of halogens is 3. The van der Waals surface area contributed by atoms with Gasteiger partial charge in [-0.05, 0) is 58.2 Å². The van der Waals surface area contributed by atoms with Crippen LogP contribution in [0.15, 0.2) is 65.5 Å². The monoisotopic (exact) mass is 622 g/mol. The number of rotatable bonds is 5. The van der Waals surface area contributed by atoms with Crippen LogP contribution in [0.4, 0.5) is 4.39 Å². The number of alkyl halides is 1. The summed E-state index contributed by atoms with van der Waals surface area (Å²) in [5, 5.41) is 1.72. The molecule has 0 saturated carbocycles. The Morgan fingerprint density at radius 1 is 1.24 bits per heavy atom. The maximum atomic E-state index is 16.4. The van der Waals surface area contributed by atoms with Crippen molar-refractivity contribution >= 4 is 54.6 Å². The predicted octanol–water partition coefficient (Wildman–Crippen LogP) is 5.34. The molecule has 0 spiro atoms. The van der Waals surface area contributed by atoms with Gasteiger partial charge in [0.1, 0.15) is 5.01 Å². The van der Waals surface area contributed by atoms with Crippen molar-refractivity contribution in [1.82, 2.24) is 19.7 Å². The fraction of sp³-hybridized carbons (Fsp3) is 0.240. The van der Waals surface area contributed by atoms with Gasteiger partial charge in [-0.25, -0.2) is 22.5 Å². The van der Waals surface area contributed by atoms with Gasteiger partial charge in [0.25, 0.3) is 10.9 Å². The first-order valence-corrected chi connectivity index (χ1v) is 14.9. The van der Waals surface area contributed by atoms with E-state index in [0.29, 0.717) is 20.8 Å². The van der Waals surface area contributed by atoms with E-state index in [1.807, 2.05) is 37.4 Å². The van der Waals surface area contributed by atoms with Crippen LogP contribution in [0.5, 0.6) is 0 Å². The third-order valence-electron chi connectivity index (χ3n) is 6.16. The number of carbonyl (C=O) groups is 1. The summed E-state index contributed by atoms with van der Waals surface area (Å²) in [4.78, 5) is 19.2. The zero-order valence-corrected chi connectivity index (χ0v) is 23.5. The first-order valence-electron chi connectivity index (χ1n) is 11.3. The summed E-state index contributed by atoms with van der Waals surface area (Å²) >= 11 is 10.4. The zero-order valence-electron chi connectivity index (χ0n) is 19.6. The summed E-state index contributed by atoms with van der Waals surface area (Å²) < 4.78 is 44.6. The molecule has 1 fully saturated rings. The average molecular weight is 624 g/mol. The largest absolute Gasteiger partial charge is 0.333 e. The highest BCUT2D eigenvalue weighted by atomic mass is 79.9. The van der Waals surface area contributed by atoms with E-state index in [1.165, 1.54) is 17.2 Å². The van der Waals surface area contributed by atoms with Gasteiger partial charge in [-0.2, -0.15) is 5.10 Å². The maximum Gasteiger partial charge on any atom is 0.278 e. The third kappa shape index (κ3) is 4.97. The minimum absolute atomic E-state index is 0.116. The van der Waals surface area contributed by atoms with Crippen LogP contribution in [0.25, 0.3) is 5.69 Å². The number of hydrogen-bond donors (Lipinski definition) is 0. The summed E-state index contributed by atoms with van der Waals surface area (Å²) in [6.07, 6.45) is 5.59. The summed E-state index contributed by atoms with van der Waals surface area (Å²) in [7, 11) is -4.21. The number of aryl methyl sites for hydroxylation is 1. The summed E-state index contributed by atoms with van der Waals surface area (Å²) in [5.41, 5.74) is 3.07. The molecule has 0 N–H and O–H groups in total. The SMILES string of the molecule is Cc1cnn(-c2ccccc2Cc2cnc([C@]3(F)CN(C(=O)c4ccc(Br)c(Cl)c4)CCS3(=O)=O)s2)c1. The fourth-order valence-electron chi connectivity index (χ4n) is 4.18. The van der Waals surface area contributed by atoms with Crippen molar-refractivity contribution in [2.24, 2.45) is 0 Å². The Bertz CT molecular complexity index is 1610. The number of hydrogen-bond acceptors (Lipinski definition) is 6. The topological polar surface area (TPSA) is 85.2 Å². The van der Waals surface area contributed by atoms with Gasteiger partial charge in [0.2, 0.25) is 0 Å². The van der Waals surface area contributed by atoms with Crippen LogP contribution in [-0.2, 0) is 21.3 Å². The van der Waals surface area contributed by atoms with Crippen LogP contribution in [0.1, 0.15) is 31.4 Å². The Kier molecular flexibility index (Phi) is 6.99. The van der Waals surface area contributed by atoms with E-state index in [0.717, 1.165) is 28.2 Å². The average Bonchev–Trinajstić information content (AvgIpc) is 3.52.